The number of piperidine rings is 1. The molecular formula is C12H24N2O. The predicted octanol–water partition coefficient (Wildman–Crippen LogP) is 0.938. The van der Waals surface area contributed by atoms with E-state index in [-0.39, 0.29) is 6.04 Å². The van der Waals surface area contributed by atoms with Gasteiger partial charge in [0, 0.05) is 25.0 Å². The lowest BCUT2D eigenvalue weighted by Gasteiger charge is -2.36. The molecule has 15 heavy (non-hydrogen) atoms. The van der Waals surface area contributed by atoms with Crippen LogP contribution in [0.15, 0.2) is 0 Å². The van der Waals surface area contributed by atoms with Gasteiger partial charge in [0.2, 0.25) is 0 Å². The Hall–Kier alpha value is -0.120. The van der Waals surface area contributed by atoms with Gasteiger partial charge in [-0.05, 0) is 24.8 Å². The minimum Gasteiger partial charge on any atom is -0.379 e. The van der Waals surface area contributed by atoms with Crippen molar-refractivity contribution in [1.29, 1.82) is 0 Å². The van der Waals surface area contributed by atoms with Gasteiger partial charge in [-0.15, -0.1) is 0 Å². The molecule has 2 aliphatic heterocycles. The number of rotatable bonds is 2. The van der Waals surface area contributed by atoms with Gasteiger partial charge in [-0.2, -0.15) is 0 Å². The summed E-state index contributed by atoms with van der Waals surface area (Å²) in [6.07, 6.45) is 1.34. The quantitative estimate of drug-likeness (QED) is 0.740. The van der Waals surface area contributed by atoms with Gasteiger partial charge in [0.1, 0.15) is 0 Å². The average molecular weight is 212 g/mol. The Kier molecular flexibility index (Phi) is 3.65. The molecule has 4 unspecified atom stereocenters. The lowest BCUT2D eigenvalue weighted by molar-refractivity contribution is 0.111. The highest BCUT2D eigenvalue weighted by Gasteiger charge is 2.29. The molecule has 2 aliphatic rings. The molecule has 0 aromatic rings. The van der Waals surface area contributed by atoms with E-state index in [0.29, 0.717) is 5.92 Å². The van der Waals surface area contributed by atoms with Gasteiger partial charge in [0.05, 0.1) is 13.2 Å². The van der Waals surface area contributed by atoms with Crippen molar-refractivity contribution in [2.24, 2.45) is 23.5 Å². The predicted molar refractivity (Wildman–Crippen MR) is 61.7 cm³/mol. The summed E-state index contributed by atoms with van der Waals surface area (Å²) in [7, 11) is 0. The van der Waals surface area contributed by atoms with Crippen molar-refractivity contribution in [3.05, 3.63) is 0 Å². The van der Waals surface area contributed by atoms with E-state index in [4.69, 9.17) is 10.5 Å². The molecule has 4 atom stereocenters. The fourth-order valence-corrected chi connectivity index (χ4v) is 2.65. The zero-order valence-electron chi connectivity index (χ0n) is 9.98. The molecule has 0 aromatic carbocycles. The van der Waals surface area contributed by atoms with Gasteiger partial charge in [0.15, 0.2) is 0 Å². The van der Waals surface area contributed by atoms with Crippen molar-refractivity contribution in [3.63, 3.8) is 0 Å². The maximum absolute atomic E-state index is 6.01. The average Bonchev–Trinajstić information content (AvgIpc) is 2.59. The second-order valence-electron chi connectivity index (χ2n) is 5.46. The summed E-state index contributed by atoms with van der Waals surface area (Å²) in [5.41, 5.74) is 6.01. The second-order valence-corrected chi connectivity index (χ2v) is 5.46. The van der Waals surface area contributed by atoms with Gasteiger partial charge in [-0.1, -0.05) is 13.8 Å². The zero-order valence-corrected chi connectivity index (χ0v) is 9.98. The van der Waals surface area contributed by atoms with Crippen molar-refractivity contribution in [2.45, 2.75) is 26.3 Å². The molecule has 0 spiro atoms. The molecule has 0 bridgehead atoms. The molecule has 0 aromatic heterocycles. The van der Waals surface area contributed by atoms with Crippen LogP contribution >= 0.6 is 0 Å². The first-order chi connectivity index (χ1) is 7.16. The molecule has 0 saturated carbocycles. The summed E-state index contributed by atoms with van der Waals surface area (Å²) in [6.45, 7) is 9.97. The molecular weight excluding hydrogens is 188 g/mol. The van der Waals surface area contributed by atoms with E-state index in [9.17, 15) is 0 Å². The number of hydrogen-bond donors (Lipinski definition) is 1. The normalized spacial score (nSPS) is 43.4. The highest BCUT2D eigenvalue weighted by molar-refractivity contribution is 4.83. The molecule has 88 valence electrons. The molecule has 0 radical (unpaired) electrons. The fraction of sp³-hybridized carbons (Fsp3) is 1.00. The van der Waals surface area contributed by atoms with E-state index >= 15 is 0 Å². The molecule has 2 rings (SSSR count). The third-order valence-corrected chi connectivity index (χ3v) is 4.16. The molecule has 3 heteroatoms. The highest BCUT2D eigenvalue weighted by Crippen LogP contribution is 2.24. The zero-order chi connectivity index (χ0) is 10.8. The van der Waals surface area contributed by atoms with Crippen LogP contribution in [0.25, 0.3) is 0 Å². The number of likely N-dealkylation sites (tertiary alicyclic amines) is 1. The lowest BCUT2D eigenvalue weighted by Crippen LogP contribution is -2.44. The summed E-state index contributed by atoms with van der Waals surface area (Å²) in [5, 5.41) is 0. The van der Waals surface area contributed by atoms with Gasteiger partial charge in [-0.25, -0.2) is 0 Å². The van der Waals surface area contributed by atoms with E-state index in [1.807, 2.05) is 0 Å². The Morgan fingerprint density at radius 3 is 2.67 bits per heavy atom. The topological polar surface area (TPSA) is 38.5 Å². The number of nitrogens with two attached hydrogens (primary N) is 1. The molecule has 2 heterocycles. The van der Waals surface area contributed by atoms with Crippen LogP contribution in [0.3, 0.4) is 0 Å². The van der Waals surface area contributed by atoms with Crippen LogP contribution in [-0.4, -0.2) is 43.8 Å². The Labute approximate surface area is 93.0 Å². The fourth-order valence-electron chi connectivity index (χ4n) is 2.65. The largest absolute Gasteiger partial charge is 0.379 e. The summed E-state index contributed by atoms with van der Waals surface area (Å²) >= 11 is 0. The molecule has 0 aliphatic carbocycles. The van der Waals surface area contributed by atoms with Crippen LogP contribution in [0, 0.1) is 17.8 Å². The van der Waals surface area contributed by atoms with Crippen LogP contribution in [0.5, 0.6) is 0 Å². The molecule has 2 saturated heterocycles. The number of nitrogens with zero attached hydrogens (tertiary/aromatic N) is 1. The smallest absolute Gasteiger partial charge is 0.0621 e. The third kappa shape index (κ3) is 2.71. The van der Waals surface area contributed by atoms with Gasteiger partial charge >= 0.3 is 0 Å². The first-order valence-corrected chi connectivity index (χ1v) is 6.22. The van der Waals surface area contributed by atoms with Crippen molar-refractivity contribution in [2.75, 3.05) is 32.8 Å². The summed E-state index contributed by atoms with van der Waals surface area (Å²) in [5.74, 6) is 2.28. The van der Waals surface area contributed by atoms with Crippen LogP contribution in [0.4, 0.5) is 0 Å². The minimum absolute atomic E-state index is 0.264. The van der Waals surface area contributed by atoms with Crippen molar-refractivity contribution in [3.8, 4) is 0 Å². The third-order valence-electron chi connectivity index (χ3n) is 4.16. The van der Waals surface area contributed by atoms with Crippen molar-refractivity contribution >= 4 is 0 Å². The van der Waals surface area contributed by atoms with E-state index in [2.05, 4.69) is 18.7 Å². The lowest BCUT2D eigenvalue weighted by atomic mass is 9.88. The van der Waals surface area contributed by atoms with Crippen LogP contribution < -0.4 is 5.73 Å². The van der Waals surface area contributed by atoms with Crippen LogP contribution in [-0.2, 0) is 4.74 Å². The maximum Gasteiger partial charge on any atom is 0.0621 e. The van der Waals surface area contributed by atoms with E-state index < -0.39 is 0 Å². The van der Waals surface area contributed by atoms with Gasteiger partial charge in [0.25, 0.3) is 0 Å². The summed E-state index contributed by atoms with van der Waals surface area (Å²) in [4.78, 5) is 2.57. The van der Waals surface area contributed by atoms with Crippen molar-refractivity contribution < 1.29 is 4.74 Å². The summed E-state index contributed by atoms with van der Waals surface area (Å²) < 4.78 is 5.41. The van der Waals surface area contributed by atoms with Crippen LogP contribution in [0.1, 0.15) is 20.3 Å². The standard InChI is InChI=1S/C12H24N2O/c1-9-3-4-14(5-10(9)2)6-11-7-15-8-12(11)13/h9-12H,3-8,13H2,1-2H3. The Morgan fingerprint density at radius 2 is 2.07 bits per heavy atom. The SMILES string of the molecule is CC1CCN(CC2COCC2N)CC1C. The second kappa shape index (κ2) is 4.81. The first-order valence-electron chi connectivity index (χ1n) is 6.22. The Balaban J connectivity index is 1.80. The summed E-state index contributed by atoms with van der Waals surface area (Å²) in [6, 6.07) is 0.264. The van der Waals surface area contributed by atoms with Crippen LogP contribution in [0.2, 0.25) is 0 Å². The number of hydrogen-bond acceptors (Lipinski definition) is 3. The van der Waals surface area contributed by atoms with Gasteiger partial charge < -0.3 is 15.4 Å². The van der Waals surface area contributed by atoms with E-state index in [0.717, 1.165) is 31.6 Å². The van der Waals surface area contributed by atoms with Crippen molar-refractivity contribution in [1.82, 2.24) is 4.90 Å². The molecule has 0 amide bonds. The molecule has 3 nitrogen and oxygen atoms in total. The molecule has 2 N–H and O–H groups in total. The van der Waals surface area contributed by atoms with Gasteiger partial charge in [-0.3, -0.25) is 0 Å². The minimum atomic E-state index is 0.264. The Bertz CT molecular complexity index is 210. The van der Waals surface area contributed by atoms with E-state index in [1.54, 1.807) is 0 Å². The number of ether oxygens (including phenoxy) is 1. The monoisotopic (exact) mass is 212 g/mol. The highest BCUT2D eigenvalue weighted by atomic mass is 16.5. The Morgan fingerprint density at radius 1 is 1.27 bits per heavy atom. The maximum atomic E-state index is 6.01. The van der Waals surface area contributed by atoms with E-state index in [1.165, 1.54) is 19.5 Å². The first kappa shape index (κ1) is 11.4. The molecule has 2 fully saturated rings.